The van der Waals surface area contributed by atoms with Gasteiger partial charge in [0, 0.05) is 18.5 Å². The maximum absolute atomic E-state index is 13.3. The van der Waals surface area contributed by atoms with E-state index in [9.17, 15) is 14.0 Å². The number of rotatable bonds is 7. The Balaban J connectivity index is 1.80. The van der Waals surface area contributed by atoms with Crippen LogP contribution >= 0.6 is 11.6 Å². The highest BCUT2D eigenvalue weighted by atomic mass is 35.5. The molecule has 0 aromatic heterocycles. The number of allylic oxidation sites excluding steroid dienone is 4. The molecule has 1 heterocycles. The fourth-order valence-corrected chi connectivity index (χ4v) is 3.23. The molecule has 1 aliphatic heterocycles. The number of benzene rings is 1. The number of carbonyl (C=O) groups excluding carboxylic acids is 2. The molecule has 2 aliphatic rings. The van der Waals surface area contributed by atoms with Crippen molar-refractivity contribution in [3.8, 4) is 0 Å². The van der Waals surface area contributed by atoms with Crippen molar-refractivity contribution in [2.75, 3.05) is 31.2 Å². The summed E-state index contributed by atoms with van der Waals surface area (Å²) in [6.45, 7) is 1.90. The van der Waals surface area contributed by atoms with Gasteiger partial charge in [0.05, 0.1) is 25.2 Å². The number of aliphatic imine (C=N–C) groups is 1. The second-order valence-electron chi connectivity index (χ2n) is 7.10. The van der Waals surface area contributed by atoms with E-state index in [2.05, 4.69) is 10.3 Å². The molecule has 9 heteroatoms. The van der Waals surface area contributed by atoms with Crippen molar-refractivity contribution in [2.45, 2.75) is 13.3 Å². The van der Waals surface area contributed by atoms with Gasteiger partial charge in [-0.25, -0.2) is 4.39 Å². The number of anilines is 1. The summed E-state index contributed by atoms with van der Waals surface area (Å²) in [6.07, 6.45) is 7.99. The highest BCUT2D eigenvalue weighted by Crippen LogP contribution is 2.27. The quantitative estimate of drug-likeness (QED) is 0.654. The van der Waals surface area contributed by atoms with Crippen molar-refractivity contribution in [1.82, 2.24) is 5.32 Å². The van der Waals surface area contributed by atoms with E-state index < -0.39 is 5.91 Å². The second-order valence-corrected chi connectivity index (χ2v) is 7.48. The molecule has 168 valence electrons. The van der Waals surface area contributed by atoms with Gasteiger partial charge in [-0.1, -0.05) is 35.9 Å². The molecule has 0 saturated carbocycles. The molecule has 1 aliphatic carbocycles. The van der Waals surface area contributed by atoms with E-state index >= 15 is 0 Å². The van der Waals surface area contributed by atoms with E-state index in [0.29, 0.717) is 11.3 Å². The molecule has 0 spiro atoms. The van der Waals surface area contributed by atoms with Crippen LogP contribution in [0.5, 0.6) is 0 Å². The molecule has 0 unspecified atom stereocenters. The van der Waals surface area contributed by atoms with Crippen LogP contribution in [0.15, 0.2) is 69.7 Å². The van der Waals surface area contributed by atoms with E-state index in [1.807, 2.05) is 0 Å². The molecule has 0 bridgehead atoms. The maximum atomic E-state index is 13.3. The van der Waals surface area contributed by atoms with Crippen LogP contribution in [0.4, 0.5) is 10.1 Å². The van der Waals surface area contributed by atoms with Gasteiger partial charge >= 0.3 is 0 Å². The first-order valence-corrected chi connectivity index (χ1v) is 10.3. The van der Waals surface area contributed by atoms with Crippen molar-refractivity contribution in [2.24, 2.45) is 4.99 Å². The Morgan fingerprint density at radius 3 is 2.97 bits per heavy atom. The van der Waals surface area contributed by atoms with Gasteiger partial charge in [0.1, 0.15) is 23.2 Å². The Kier molecular flexibility index (Phi) is 7.97. The third-order valence-electron chi connectivity index (χ3n) is 4.75. The van der Waals surface area contributed by atoms with E-state index in [1.165, 1.54) is 17.3 Å². The third-order valence-corrected chi connectivity index (χ3v) is 5.12. The van der Waals surface area contributed by atoms with Crippen LogP contribution in [-0.2, 0) is 9.53 Å². The van der Waals surface area contributed by atoms with Gasteiger partial charge in [-0.05, 0) is 36.3 Å². The predicted octanol–water partition coefficient (Wildman–Crippen LogP) is 3.30. The number of carbonyl (C=O) groups is 2. The molecule has 0 fully saturated rings. The number of ether oxygens (including phenoxy) is 1. The smallest absolute Gasteiger partial charge is 0.278 e. The summed E-state index contributed by atoms with van der Waals surface area (Å²) in [4.78, 5) is 30.8. The highest BCUT2D eigenvalue weighted by molar-refractivity contribution is 6.46. The summed E-state index contributed by atoms with van der Waals surface area (Å²) in [5.74, 6) is -0.968. The first-order valence-electron chi connectivity index (χ1n) is 9.97. The van der Waals surface area contributed by atoms with Crippen LogP contribution in [0.25, 0.3) is 0 Å². The van der Waals surface area contributed by atoms with Gasteiger partial charge in [0.15, 0.2) is 0 Å². The van der Waals surface area contributed by atoms with Crippen LogP contribution in [0.1, 0.15) is 22.3 Å². The van der Waals surface area contributed by atoms with Crippen molar-refractivity contribution >= 4 is 35.4 Å². The summed E-state index contributed by atoms with van der Waals surface area (Å²) in [5.41, 5.74) is 2.24. The average molecular weight is 460 g/mol. The van der Waals surface area contributed by atoms with E-state index in [-0.39, 0.29) is 55.2 Å². The average Bonchev–Trinajstić information content (AvgIpc) is 3.07. The molecule has 3 rings (SSSR count). The summed E-state index contributed by atoms with van der Waals surface area (Å²) in [7, 11) is 0. The number of amides is 2. The lowest BCUT2D eigenvalue weighted by Gasteiger charge is -2.19. The Labute approximate surface area is 190 Å². The van der Waals surface area contributed by atoms with Crippen LogP contribution in [0.3, 0.4) is 0 Å². The zero-order valence-electron chi connectivity index (χ0n) is 17.5. The minimum Gasteiger partial charge on any atom is -0.489 e. The van der Waals surface area contributed by atoms with Gasteiger partial charge < -0.3 is 15.2 Å². The fourth-order valence-electron chi connectivity index (χ4n) is 3.03. The van der Waals surface area contributed by atoms with Crippen molar-refractivity contribution in [3.63, 3.8) is 0 Å². The molecule has 1 aromatic rings. The van der Waals surface area contributed by atoms with Gasteiger partial charge in [-0.15, -0.1) is 0 Å². The minimum atomic E-state index is -0.546. The van der Waals surface area contributed by atoms with Gasteiger partial charge in [-0.3, -0.25) is 19.5 Å². The Hall–Kier alpha value is -3.23. The molecule has 32 heavy (non-hydrogen) atoms. The molecular weight excluding hydrogens is 437 g/mol. The van der Waals surface area contributed by atoms with E-state index in [0.717, 1.165) is 11.1 Å². The van der Waals surface area contributed by atoms with E-state index in [1.54, 1.807) is 43.4 Å². The van der Waals surface area contributed by atoms with Gasteiger partial charge in [0.2, 0.25) is 0 Å². The zero-order chi connectivity index (χ0) is 23.1. The first kappa shape index (κ1) is 23.4. The molecule has 0 radical (unpaired) electrons. The lowest BCUT2D eigenvalue weighted by atomic mass is 10.1. The fraction of sp³-hybridized carbons (Fsp3) is 0.261. The van der Waals surface area contributed by atoms with E-state index in [4.69, 9.17) is 21.4 Å². The number of hydrogen-bond donors (Lipinski definition) is 2. The Morgan fingerprint density at radius 1 is 1.38 bits per heavy atom. The molecule has 0 saturated heterocycles. The summed E-state index contributed by atoms with van der Waals surface area (Å²) < 4.78 is 19.1. The monoisotopic (exact) mass is 459 g/mol. The van der Waals surface area contributed by atoms with Crippen LogP contribution in [0.2, 0.25) is 0 Å². The topological polar surface area (TPSA) is 91.2 Å². The lowest BCUT2D eigenvalue weighted by Crippen LogP contribution is -2.31. The predicted molar refractivity (Wildman–Crippen MR) is 121 cm³/mol. The maximum Gasteiger partial charge on any atom is 0.278 e. The first-order chi connectivity index (χ1) is 15.4. The normalized spacial score (nSPS) is 16.4. The van der Waals surface area contributed by atoms with Crippen molar-refractivity contribution < 1.29 is 23.8 Å². The highest BCUT2D eigenvalue weighted by Gasteiger charge is 2.26. The Morgan fingerprint density at radius 2 is 2.19 bits per heavy atom. The molecule has 7 nitrogen and oxygen atoms in total. The molecule has 2 amide bonds. The number of aliphatic hydroxyl groups excluding tert-OH is 1. The van der Waals surface area contributed by atoms with Crippen LogP contribution in [0, 0.1) is 6.92 Å². The van der Waals surface area contributed by atoms with Gasteiger partial charge in [0.25, 0.3) is 11.8 Å². The minimum absolute atomic E-state index is 0.0536. The SMILES string of the molecule is Cc1ccc(C(=O)NCCO)cc1N1C=NCC(OCC2=CC=C(F)CC=C2)=C(Cl)C1=O. The van der Waals surface area contributed by atoms with Crippen molar-refractivity contribution in [1.29, 1.82) is 0 Å². The summed E-state index contributed by atoms with van der Waals surface area (Å²) in [6, 6.07) is 4.90. The molecule has 2 N–H and O–H groups in total. The number of nitrogens with zero attached hydrogens (tertiary/aromatic N) is 2. The largest absolute Gasteiger partial charge is 0.489 e. The number of nitrogens with one attached hydrogen (secondary N) is 1. The summed E-state index contributed by atoms with van der Waals surface area (Å²) in [5, 5.41) is 11.3. The number of aryl methyl sites for hydroxylation is 1. The molecular formula is C23H23ClFN3O4. The van der Waals surface area contributed by atoms with Crippen LogP contribution < -0.4 is 10.2 Å². The lowest BCUT2D eigenvalue weighted by molar-refractivity contribution is -0.113. The second kappa shape index (κ2) is 10.9. The number of aliphatic hydroxyl groups is 1. The molecule has 0 atom stereocenters. The third kappa shape index (κ3) is 5.72. The van der Waals surface area contributed by atoms with Crippen molar-refractivity contribution in [3.05, 3.63) is 75.8 Å². The standard InChI is InChI=1S/C23H23ClFN3O4/c1-15-5-7-17(22(30)27-9-10-29)11-19(15)28-14-26-12-20(21(24)23(28)31)32-13-16-3-2-4-18(25)8-6-16/h2-3,5-8,11,14,29H,4,9-10,12-13H2,1H3,(H,27,30). The zero-order valence-corrected chi connectivity index (χ0v) is 18.2. The Bertz CT molecular complexity index is 1060. The van der Waals surface area contributed by atoms with Crippen LogP contribution in [-0.4, -0.2) is 49.6 Å². The summed E-state index contributed by atoms with van der Waals surface area (Å²) >= 11 is 6.35. The number of hydrogen-bond acceptors (Lipinski definition) is 5. The number of halogens is 2. The molecule has 1 aromatic carbocycles. The van der Waals surface area contributed by atoms with Gasteiger partial charge in [-0.2, -0.15) is 0 Å².